The lowest BCUT2D eigenvalue weighted by atomic mass is 9.97. The van der Waals surface area contributed by atoms with Crippen molar-refractivity contribution in [1.82, 2.24) is 4.90 Å². The smallest absolute Gasteiger partial charge is 0.309 e. The van der Waals surface area contributed by atoms with E-state index in [1.807, 2.05) is 6.92 Å². The number of hydrogen-bond acceptors (Lipinski definition) is 5. The second-order valence-electron chi connectivity index (χ2n) is 4.60. The molecule has 0 aromatic rings. The zero-order valence-electron chi connectivity index (χ0n) is 11.2. The van der Waals surface area contributed by atoms with Gasteiger partial charge in [-0.15, -0.1) is 0 Å². The van der Waals surface area contributed by atoms with Gasteiger partial charge >= 0.3 is 5.97 Å². The van der Waals surface area contributed by atoms with E-state index in [-0.39, 0.29) is 23.4 Å². The van der Waals surface area contributed by atoms with Crippen molar-refractivity contribution in [3.63, 3.8) is 0 Å². The molecule has 1 aliphatic rings. The fraction of sp³-hybridized carbons (Fsp3) is 0.917. The van der Waals surface area contributed by atoms with Crippen molar-refractivity contribution in [1.29, 1.82) is 0 Å². The summed E-state index contributed by atoms with van der Waals surface area (Å²) in [5, 5.41) is 0. The van der Waals surface area contributed by atoms with Gasteiger partial charge in [0, 0.05) is 12.3 Å². The Labute approximate surface area is 109 Å². The summed E-state index contributed by atoms with van der Waals surface area (Å²) in [5.74, 6) is 0.294. The fourth-order valence-corrected chi connectivity index (χ4v) is 2.89. The second-order valence-corrected chi connectivity index (χ2v) is 7.08. The van der Waals surface area contributed by atoms with Gasteiger partial charge in [-0.05, 0) is 32.9 Å². The highest BCUT2D eigenvalue weighted by molar-refractivity contribution is 7.91. The van der Waals surface area contributed by atoms with Crippen molar-refractivity contribution in [2.45, 2.75) is 26.7 Å². The third-order valence-electron chi connectivity index (χ3n) is 3.37. The maximum absolute atomic E-state index is 11.5. The molecule has 0 saturated carbocycles. The molecule has 0 unspecified atom stereocenters. The highest BCUT2D eigenvalue weighted by Crippen LogP contribution is 2.18. The molecule has 0 aromatic carbocycles. The molecule has 5 nitrogen and oxygen atoms in total. The van der Waals surface area contributed by atoms with E-state index in [0.29, 0.717) is 13.2 Å². The van der Waals surface area contributed by atoms with E-state index in [2.05, 4.69) is 4.90 Å². The Morgan fingerprint density at radius 1 is 1.28 bits per heavy atom. The van der Waals surface area contributed by atoms with Crippen LogP contribution in [-0.2, 0) is 19.4 Å². The van der Waals surface area contributed by atoms with Gasteiger partial charge in [-0.25, -0.2) is 8.42 Å². The van der Waals surface area contributed by atoms with Crippen LogP contribution in [0.5, 0.6) is 0 Å². The summed E-state index contributed by atoms with van der Waals surface area (Å²) >= 11 is 0. The number of nitrogens with zero attached hydrogens (tertiary/aromatic N) is 1. The lowest BCUT2D eigenvalue weighted by Gasteiger charge is -2.30. The summed E-state index contributed by atoms with van der Waals surface area (Å²) < 4.78 is 27.8. The van der Waals surface area contributed by atoms with Crippen molar-refractivity contribution in [2.75, 3.05) is 37.7 Å². The average Bonchev–Trinajstić information content (AvgIpc) is 2.37. The van der Waals surface area contributed by atoms with Crippen LogP contribution in [0.4, 0.5) is 0 Å². The number of sulfone groups is 1. The number of ether oxygens (including phenoxy) is 1. The van der Waals surface area contributed by atoms with Crippen LogP contribution in [-0.4, -0.2) is 57.0 Å². The molecule has 0 N–H and O–H groups in total. The van der Waals surface area contributed by atoms with Crippen LogP contribution < -0.4 is 0 Å². The van der Waals surface area contributed by atoms with Gasteiger partial charge in [-0.3, -0.25) is 4.79 Å². The van der Waals surface area contributed by atoms with E-state index in [9.17, 15) is 13.2 Å². The molecule has 0 bridgehead atoms. The van der Waals surface area contributed by atoms with Gasteiger partial charge in [0.15, 0.2) is 9.84 Å². The molecule has 0 amide bonds. The molecule has 6 heteroatoms. The monoisotopic (exact) mass is 277 g/mol. The van der Waals surface area contributed by atoms with Gasteiger partial charge in [-0.1, -0.05) is 6.92 Å². The van der Waals surface area contributed by atoms with Gasteiger partial charge in [0.25, 0.3) is 0 Å². The van der Waals surface area contributed by atoms with Crippen molar-refractivity contribution < 1.29 is 17.9 Å². The third-order valence-corrected chi connectivity index (χ3v) is 5.05. The van der Waals surface area contributed by atoms with E-state index in [4.69, 9.17) is 4.74 Å². The number of carbonyl (C=O) groups excluding carboxylic acids is 1. The Balaban J connectivity index is 2.29. The average molecular weight is 277 g/mol. The third kappa shape index (κ3) is 4.94. The van der Waals surface area contributed by atoms with Gasteiger partial charge in [0.2, 0.25) is 0 Å². The Bertz CT molecular complexity index is 358. The first-order valence-electron chi connectivity index (χ1n) is 6.58. The quantitative estimate of drug-likeness (QED) is 0.669. The highest BCUT2D eigenvalue weighted by atomic mass is 32.2. The van der Waals surface area contributed by atoms with Gasteiger partial charge in [0.05, 0.1) is 18.3 Å². The van der Waals surface area contributed by atoms with Crippen LogP contribution in [0.3, 0.4) is 0 Å². The topological polar surface area (TPSA) is 63.7 Å². The Kier molecular flexibility index (Phi) is 6.08. The zero-order valence-corrected chi connectivity index (χ0v) is 12.0. The van der Waals surface area contributed by atoms with Crippen LogP contribution in [0.25, 0.3) is 0 Å². The summed E-state index contributed by atoms with van der Waals surface area (Å²) in [5.41, 5.74) is 0. The van der Waals surface area contributed by atoms with Crippen LogP contribution in [0.15, 0.2) is 0 Å². The van der Waals surface area contributed by atoms with Crippen LogP contribution >= 0.6 is 0 Å². The maximum atomic E-state index is 11.5. The Morgan fingerprint density at radius 3 is 2.39 bits per heavy atom. The molecule has 1 aliphatic heterocycles. The number of piperidine rings is 1. The van der Waals surface area contributed by atoms with E-state index >= 15 is 0 Å². The minimum absolute atomic E-state index is 0.0102. The first-order valence-corrected chi connectivity index (χ1v) is 8.40. The normalized spacial score (nSPS) is 18.8. The van der Waals surface area contributed by atoms with Crippen LogP contribution in [0, 0.1) is 5.92 Å². The molecule has 0 atom stereocenters. The number of rotatable bonds is 6. The molecule has 0 spiro atoms. The predicted molar refractivity (Wildman–Crippen MR) is 70.1 cm³/mol. The standard InChI is InChI=1S/C12H23NO4S/c1-3-17-12(14)11-5-7-13(8-6-11)9-10-18(15,16)4-2/h11H,3-10H2,1-2H3. The molecule has 1 saturated heterocycles. The second kappa shape index (κ2) is 7.09. The number of esters is 1. The van der Waals surface area contributed by atoms with Crippen molar-refractivity contribution >= 4 is 15.8 Å². The van der Waals surface area contributed by atoms with E-state index in [1.165, 1.54) is 0 Å². The van der Waals surface area contributed by atoms with Crippen LogP contribution in [0.2, 0.25) is 0 Å². The SMILES string of the molecule is CCOC(=O)C1CCN(CCS(=O)(=O)CC)CC1. The zero-order chi connectivity index (χ0) is 13.6. The van der Waals surface area contributed by atoms with Crippen molar-refractivity contribution in [2.24, 2.45) is 5.92 Å². The summed E-state index contributed by atoms with van der Waals surface area (Å²) in [4.78, 5) is 13.6. The summed E-state index contributed by atoms with van der Waals surface area (Å²) in [7, 11) is -2.89. The van der Waals surface area contributed by atoms with Crippen molar-refractivity contribution in [3.05, 3.63) is 0 Å². The molecule has 106 valence electrons. The molecule has 0 aliphatic carbocycles. The summed E-state index contributed by atoms with van der Waals surface area (Å²) in [6, 6.07) is 0. The molecule has 0 radical (unpaired) electrons. The Hall–Kier alpha value is -0.620. The first kappa shape index (κ1) is 15.4. The summed E-state index contributed by atoms with van der Waals surface area (Å²) in [6.45, 7) is 6.04. The molecular formula is C12H23NO4S. The molecule has 1 rings (SSSR count). The van der Waals surface area contributed by atoms with Gasteiger partial charge in [-0.2, -0.15) is 0 Å². The lowest BCUT2D eigenvalue weighted by molar-refractivity contribution is -0.149. The molecule has 1 fully saturated rings. The Morgan fingerprint density at radius 2 is 1.89 bits per heavy atom. The molecule has 0 aromatic heterocycles. The molecular weight excluding hydrogens is 254 g/mol. The van der Waals surface area contributed by atoms with Crippen molar-refractivity contribution in [3.8, 4) is 0 Å². The summed E-state index contributed by atoms with van der Waals surface area (Å²) in [6.07, 6.45) is 1.54. The van der Waals surface area contributed by atoms with E-state index in [1.54, 1.807) is 6.92 Å². The largest absolute Gasteiger partial charge is 0.466 e. The van der Waals surface area contributed by atoms with Gasteiger partial charge < -0.3 is 9.64 Å². The predicted octanol–water partition coefficient (Wildman–Crippen LogP) is 0.696. The van der Waals surface area contributed by atoms with E-state index < -0.39 is 9.84 Å². The van der Waals surface area contributed by atoms with E-state index in [0.717, 1.165) is 25.9 Å². The molecule has 18 heavy (non-hydrogen) atoms. The fourth-order valence-electron chi connectivity index (χ4n) is 2.06. The number of carbonyl (C=O) groups is 1. The minimum Gasteiger partial charge on any atom is -0.466 e. The number of likely N-dealkylation sites (tertiary alicyclic amines) is 1. The molecule has 1 heterocycles. The minimum atomic E-state index is -2.89. The first-order chi connectivity index (χ1) is 8.48. The lowest BCUT2D eigenvalue weighted by Crippen LogP contribution is -2.39. The van der Waals surface area contributed by atoms with Crippen LogP contribution in [0.1, 0.15) is 26.7 Å². The number of hydrogen-bond donors (Lipinski definition) is 0. The highest BCUT2D eigenvalue weighted by Gasteiger charge is 2.26. The maximum Gasteiger partial charge on any atom is 0.309 e. The van der Waals surface area contributed by atoms with Gasteiger partial charge in [0.1, 0.15) is 0 Å².